The molecule has 0 spiro atoms. The molecule has 0 aliphatic carbocycles. The average Bonchev–Trinajstić information content (AvgIpc) is 2.91. The maximum atomic E-state index is 6.72. The van der Waals surface area contributed by atoms with E-state index >= 15 is 0 Å². The van der Waals surface area contributed by atoms with Gasteiger partial charge in [-0.15, -0.1) is 0 Å². The van der Waals surface area contributed by atoms with Gasteiger partial charge in [0.05, 0.1) is 0 Å². The van der Waals surface area contributed by atoms with E-state index in [1.54, 1.807) is 0 Å². The maximum absolute atomic E-state index is 6.72. The summed E-state index contributed by atoms with van der Waals surface area (Å²) in [5, 5.41) is 4.60. The Morgan fingerprint density at radius 1 is 0.429 bits per heavy atom. The Hall–Kier alpha value is -3.55. The van der Waals surface area contributed by atoms with Crippen molar-refractivity contribution in [2.75, 3.05) is 0 Å². The molecule has 4 heteroatoms. The van der Waals surface area contributed by atoms with Crippen LogP contribution in [0.4, 0.5) is 0 Å². The molecule has 42 heavy (non-hydrogen) atoms. The molecule has 3 nitrogen and oxygen atoms in total. The van der Waals surface area contributed by atoms with Gasteiger partial charge in [-0.1, -0.05) is 123 Å². The highest BCUT2D eigenvalue weighted by Gasteiger charge is 2.27. The van der Waals surface area contributed by atoms with Crippen LogP contribution in [0.3, 0.4) is 0 Å². The summed E-state index contributed by atoms with van der Waals surface area (Å²) in [7, 11) is -1.83. The summed E-state index contributed by atoms with van der Waals surface area (Å²) in [5.74, 6) is 2.19. The monoisotopic (exact) mass is 578 g/mol. The lowest BCUT2D eigenvalue weighted by molar-refractivity contribution is 0.383. The second kappa shape index (κ2) is 11.3. The predicted molar refractivity (Wildman–Crippen MR) is 179 cm³/mol. The van der Waals surface area contributed by atoms with Crippen LogP contribution in [-0.2, 0) is 16.2 Å². The van der Waals surface area contributed by atoms with Gasteiger partial charge in [-0.25, -0.2) is 0 Å². The maximum Gasteiger partial charge on any atom is 0.530 e. The highest BCUT2D eigenvalue weighted by atomic mass is 31.2. The topological polar surface area (TPSA) is 27.7 Å². The molecule has 5 aromatic rings. The highest BCUT2D eigenvalue weighted by Crippen LogP contribution is 2.47. The second-order valence-electron chi connectivity index (χ2n) is 14.2. The summed E-state index contributed by atoms with van der Waals surface area (Å²) in [6.07, 6.45) is 0. The summed E-state index contributed by atoms with van der Waals surface area (Å²) in [4.78, 5) is 0. The molecule has 5 rings (SSSR count). The van der Waals surface area contributed by atoms with E-state index in [2.05, 4.69) is 123 Å². The molecule has 1 atom stereocenters. The largest absolute Gasteiger partial charge is 0.530 e. The minimum atomic E-state index is -1.83. The van der Waals surface area contributed by atoms with E-state index in [0.29, 0.717) is 11.5 Å². The van der Waals surface area contributed by atoms with Crippen LogP contribution in [0, 0.1) is 0 Å². The molecule has 0 aliphatic heterocycles. The lowest BCUT2D eigenvalue weighted by atomic mass is 9.83. The first-order valence-corrected chi connectivity index (χ1v) is 15.8. The SMILES string of the molecule is CC(C)(C)c1ccc(OP(Oc2ccc3ccccc3c2)Oc2cc3ccc(C(C)(C)C)cc3cc2C(C)(C)C)cc1. The highest BCUT2D eigenvalue weighted by molar-refractivity contribution is 7.43. The number of hydrogen-bond acceptors (Lipinski definition) is 3. The first kappa shape index (κ1) is 29.9. The van der Waals surface area contributed by atoms with E-state index in [0.717, 1.165) is 27.5 Å². The van der Waals surface area contributed by atoms with Crippen molar-refractivity contribution in [3.8, 4) is 17.2 Å². The molecule has 0 heterocycles. The van der Waals surface area contributed by atoms with Gasteiger partial charge < -0.3 is 13.6 Å². The minimum Gasteiger partial charge on any atom is -0.409 e. The van der Waals surface area contributed by atoms with E-state index in [1.165, 1.54) is 16.5 Å². The zero-order valence-corrected chi connectivity index (χ0v) is 27.3. The summed E-state index contributed by atoms with van der Waals surface area (Å²) >= 11 is 0. The Kier molecular flexibility index (Phi) is 8.03. The van der Waals surface area contributed by atoms with Crippen molar-refractivity contribution in [3.63, 3.8) is 0 Å². The summed E-state index contributed by atoms with van der Waals surface area (Å²) in [5.41, 5.74) is 3.65. The Balaban J connectivity index is 1.54. The van der Waals surface area contributed by atoms with Gasteiger partial charge in [0.15, 0.2) is 0 Å². The molecule has 0 saturated carbocycles. The molecule has 0 N–H and O–H groups in total. The predicted octanol–water partition coefficient (Wildman–Crippen LogP) is 11.6. The van der Waals surface area contributed by atoms with Crippen LogP contribution < -0.4 is 13.6 Å². The first-order chi connectivity index (χ1) is 19.7. The molecule has 0 amide bonds. The number of hydrogen-bond donors (Lipinski definition) is 0. The van der Waals surface area contributed by atoms with Gasteiger partial charge in [-0.05, 0) is 85.3 Å². The molecule has 218 valence electrons. The summed E-state index contributed by atoms with van der Waals surface area (Å²) in [6.45, 7) is 20.0. The molecule has 0 aromatic heterocycles. The Morgan fingerprint density at radius 3 is 1.62 bits per heavy atom. The van der Waals surface area contributed by atoms with Gasteiger partial charge in [0.1, 0.15) is 17.2 Å². The van der Waals surface area contributed by atoms with E-state index in [4.69, 9.17) is 13.6 Å². The number of fused-ring (bicyclic) bond motifs is 2. The Morgan fingerprint density at radius 2 is 0.976 bits per heavy atom. The van der Waals surface area contributed by atoms with Crippen molar-refractivity contribution in [3.05, 3.63) is 114 Å². The second-order valence-corrected chi connectivity index (χ2v) is 15.2. The van der Waals surface area contributed by atoms with Crippen LogP contribution >= 0.6 is 8.60 Å². The molecule has 0 saturated heterocycles. The van der Waals surface area contributed by atoms with E-state index < -0.39 is 8.60 Å². The van der Waals surface area contributed by atoms with Crippen molar-refractivity contribution in [1.82, 2.24) is 0 Å². The van der Waals surface area contributed by atoms with Gasteiger partial charge in [0.2, 0.25) is 0 Å². The van der Waals surface area contributed by atoms with Gasteiger partial charge in [-0.3, -0.25) is 0 Å². The number of rotatable bonds is 6. The molecule has 5 aromatic carbocycles. The Labute approximate surface area is 252 Å². The van der Waals surface area contributed by atoms with Crippen LogP contribution in [0.2, 0.25) is 0 Å². The smallest absolute Gasteiger partial charge is 0.409 e. The molecule has 0 aliphatic rings. The van der Waals surface area contributed by atoms with Crippen LogP contribution in [0.1, 0.15) is 79.0 Å². The van der Waals surface area contributed by atoms with Crippen LogP contribution in [0.15, 0.2) is 97.1 Å². The third kappa shape index (κ3) is 6.90. The lowest BCUT2D eigenvalue weighted by Gasteiger charge is -2.26. The van der Waals surface area contributed by atoms with E-state index in [9.17, 15) is 0 Å². The van der Waals surface area contributed by atoms with Crippen molar-refractivity contribution in [2.24, 2.45) is 0 Å². The normalized spacial score (nSPS) is 13.3. The van der Waals surface area contributed by atoms with Gasteiger partial charge in [-0.2, -0.15) is 0 Å². The van der Waals surface area contributed by atoms with Crippen LogP contribution in [0.5, 0.6) is 17.2 Å². The molecule has 0 fully saturated rings. The van der Waals surface area contributed by atoms with Crippen molar-refractivity contribution in [2.45, 2.75) is 78.6 Å². The molecular weight excluding hydrogens is 535 g/mol. The lowest BCUT2D eigenvalue weighted by Crippen LogP contribution is -2.14. The van der Waals surface area contributed by atoms with Crippen LogP contribution in [0.25, 0.3) is 21.5 Å². The number of benzene rings is 5. The molecule has 1 unspecified atom stereocenters. The van der Waals surface area contributed by atoms with Crippen molar-refractivity contribution in [1.29, 1.82) is 0 Å². The minimum absolute atomic E-state index is 0.0565. The fourth-order valence-corrected chi connectivity index (χ4v) is 5.96. The first-order valence-electron chi connectivity index (χ1n) is 14.7. The zero-order chi connectivity index (χ0) is 30.3. The molecular formula is C38H43O3P. The fraction of sp³-hybridized carbons (Fsp3) is 0.316. The van der Waals surface area contributed by atoms with Gasteiger partial charge in [0, 0.05) is 5.56 Å². The Bertz CT molecular complexity index is 1700. The van der Waals surface area contributed by atoms with Crippen LogP contribution in [-0.4, -0.2) is 0 Å². The van der Waals surface area contributed by atoms with Crippen molar-refractivity contribution >= 4 is 30.1 Å². The van der Waals surface area contributed by atoms with Crippen molar-refractivity contribution < 1.29 is 13.6 Å². The van der Waals surface area contributed by atoms with E-state index in [-0.39, 0.29) is 16.2 Å². The standard InChI is InChI=1S/C38H43O3P/c1-36(2,3)30-17-20-32(21-18-30)39-42(40-33-19-15-26-12-10-11-13-27(26)23-33)41-35-25-28-14-16-31(37(4,5)6)22-29(28)24-34(35)38(7,8)9/h10-25H,1-9H3. The zero-order valence-electron chi connectivity index (χ0n) is 26.4. The van der Waals surface area contributed by atoms with Gasteiger partial charge in [0.25, 0.3) is 0 Å². The van der Waals surface area contributed by atoms with E-state index in [1.807, 2.05) is 36.4 Å². The fourth-order valence-electron chi connectivity index (χ4n) is 4.95. The summed E-state index contributed by atoms with van der Waals surface area (Å²) < 4.78 is 19.7. The third-order valence-corrected chi connectivity index (χ3v) is 8.65. The summed E-state index contributed by atoms with van der Waals surface area (Å²) in [6, 6.07) is 33.7. The quantitative estimate of drug-likeness (QED) is 0.188. The molecule has 0 radical (unpaired) electrons. The van der Waals surface area contributed by atoms with Gasteiger partial charge >= 0.3 is 8.60 Å². The molecule has 0 bridgehead atoms. The average molecular weight is 579 g/mol. The third-order valence-electron chi connectivity index (χ3n) is 7.59.